The summed E-state index contributed by atoms with van der Waals surface area (Å²) in [6, 6.07) is 13.7. The average Bonchev–Trinajstić information content (AvgIpc) is 3.50. The highest BCUT2D eigenvalue weighted by molar-refractivity contribution is 7.22. The zero-order chi connectivity index (χ0) is 23.9. The Morgan fingerprint density at radius 1 is 1.12 bits per heavy atom. The molecule has 4 rings (SSSR count). The lowest BCUT2D eigenvalue weighted by atomic mass is 10.0. The van der Waals surface area contributed by atoms with Crippen LogP contribution < -0.4 is 14.4 Å². The number of fused-ring (bicyclic) bond motifs is 1. The number of anilines is 1. The average molecular weight is 479 g/mol. The van der Waals surface area contributed by atoms with Crippen molar-refractivity contribution >= 4 is 32.6 Å². The number of rotatable bonds is 11. The van der Waals surface area contributed by atoms with Crippen molar-refractivity contribution in [3.8, 4) is 11.5 Å². The molecule has 178 valence electrons. The van der Waals surface area contributed by atoms with Crippen molar-refractivity contribution in [3.63, 3.8) is 0 Å². The molecule has 8 heteroatoms. The van der Waals surface area contributed by atoms with E-state index in [1.54, 1.807) is 17.4 Å². The third-order valence-corrected chi connectivity index (χ3v) is 6.50. The number of amides is 1. The van der Waals surface area contributed by atoms with E-state index in [1.807, 2.05) is 60.2 Å². The van der Waals surface area contributed by atoms with Crippen LogP contribution in [0.1, 0.15) is 38.7 Å². The summed E-state index contributed by atoms with van der Waals surface area (Å²) in [7, 11) is 0. The second-order valence-electron chi connectivity index (χ2n) is 8.27. The van der Waals surface area contributed by atoms with Crippen molar-refractivity contribution in [2.24, 2.45) is 0 Å². The molecular formula is C26H30N4O3S. The summed E-state index contributed by atoms with van der Waals surface area (Å²) in [6.07, 6.45) is 6.22. The first-order chi connectivity index (χ1) is 16.5. The summed E-state index contributed by atoms with van der Waals surface area (Å²) in [6.45, 7) is 8.11. The molecule has 0 unspecified atom stereocenters. The number of carbonyl (C=O) groups excluding carboxylic acids is 1. The highest BCUT2D eigenvalue weighted by atomic mass is 32.1. The van der Waals surface area contributed by atoms with Gasteiger partial charge in [0.15, 0.2) is 11.7 Å². The van der Waals surface area contributed by atoms with Gasteiger partial charge in [0.05, 0.1) is 23.2 Å². The summed E-state index contributed by atoms with van der Waals surface area (Å²) in [4.78, 5) is 23.8. The topological polar surface area (TPSA) is 69.5 Å². The van der Waals surface area contributed by atoms with Crippen LogP contribution in [-0.2, 0) is 11.3 Å². The molecule has 1 amide bonds. The van der Waals surface area contributed by atoms with Crippen molar-refractivity contribution in [1.82, 2.24) is 14.5 Å². The highest BCUT2D eigenvalue weighted by Gasteiger charge is 2.20. The molecule has 2 aromatic heterocycles. The second kappa shape index (κ2) is 11.2. The molecule has 4 aromatic rings. The lowest BCUT2D eigenvalue weighted by molar-refractivity contribution is -0.120. The van der Waals surface area contributed by atoms with E-state index in [-0.39, 0.29) is 12.5 Å². The number of aryl methyl sites for hydroxylation is 1. The van der Waals surface area contributed by atoms with Gasteiger partial charge in [-0.05, 0) is 55.2 Å². The first kappa shape index (κ1) is 23.8. The van der Waals surface area contributed by atoms with Gasteiger partial charge in [-0.15, -0.1) is 0 Å². The summed E-state index contributed by atoms with van der Waals surface area (Å²) in [5.41, 5.74) is 2.08. The molecule has 7 nitrogen and oxygen atoms in total. The fourth-order valence-electron chi connectivity index (χ4n) is 3.59. The third-order valence-electron chi connectivity index (χ3n) is 5.46. The van der Waals surface area contributed by atoms with Crippen molar-refractivity contribution in [1.29, 1.82) is 0 Å². The standard InChI is InChI=1S/C26H30N4O3S/c1-4-32-22-10-11-23-24(16-22)34-26(28-23)30(14-5-13-29-15-12-27-18-29)25(31)17-33-21-8-6-20(7-9-21)19(2)3/h6-12,15-16,18-19H,4-5,13-14,17H2,1-3H3. The Hall–Kier alpha value is -3.39. The van der Waals surface area contributed by atoms with Gasteiger partial charge >= 0.3 is 0 Å². The van der Waals surface area contributed by atoms with Gasteiger partial charge in [-0.25, -0.2) is 9.97 Å². The number of aromatic nitrogens is 3. The Balaban J connectivity index is 1.49. The van der Waals surface area contributed by atoms with E-state index in [0.29, 0.717) is 30.0 Å². The quantitative estimate of drug-likeness (QED) is 0.284. The molecule has 2 aromatic carbocycles. The molecule has 0 aliphatic carbocycles. The maximum atomic E-state index is 13.3. The number of imidazole rings is 1. The largest absolute Gasteiger partial charge is 0.494 e. The van der Waals surface area contributed by atoms with Crippen LogP contribution in [0, 0.1) is 0 Å². The summed E-state index contributed by atoms with van der Waals surface area (Å²) >= 11 is 1.49. The van der Waals surface area contributed by atoms with Gasteiger partial charge in [0, 0.05) is 25.5 Å². The number of hydrogen-bond acceptors (Lipinski definition) is 6. The minimum absolute atomic E-state index is 0.0494. The number of carbonyl (C=O) groups is 1. The molecule has 34 heavy (non-hydrogen) atoms. The maximum Gasteiger partial charge on any atom is 0.266 e. The van der Waals surface area contributed by atoms with Crippen molar-refractivity contribution in [2.45, 2.75) is 39.7 Å². The number of thiazole rings is 1. The molecule has 0 atom stereocenters. The van der Waals surface area contributed by atoms with Gasteiger partial charge in [0.25, 0.3) is 5.91 Å². The molecule has 0 aliphatic heterocycles. The number of ether oxygens (including phenoxy) is 2. The van der Waals surface area contributed by atoms with E-state index < -0.39 is 0 Å². The van der Waals surface area contributed by atoms with Crippen LogP contribution in [0.25, 0.3) is 10.2 Å². The number of nitrogens with zero attached hydrogens (tertiary/aromatic N) is 4. The van der Waals surface area contributed by atoms with Gasteiger partial charge in [-0.3, -0.25) is 9.69 Å². The zero-order valence-corrected chi connectivity index (χ0v) is 20.6. The van der Waals surface area contributed by atoms with Crippen LogP contribution in [-0.4, -0.2) is 40.2 Å². The molecule has 2 heterocycles. The summed E-state index contributed by atoms with van der Waals surface area (Å²) in [5.74, 6) is 1.81. The Kier molecular flexibility index (Phi) is 7.80. The lowest BCUT2D eigenvalue weighted by Gasteiger charge is -2.20. The smallest absolute Gasteiger partial charge is 0.266 e. The number of hydrogen-bond donors (Lipinski definition) is 0. The van der Waals surface area contributed by atoms with Gasteiger partial charge in [-0.2, -0.15) is 0 Å². The first-order valence-electron chi connectivity index (χ1n) is 11.6. The summed E-state index contributed by atoms with van der Waals surface area (Å²) < 4.78 is 14.4. The van der Waals surface area contributed by atoms with E-state index in [9.17, 15) is 4.79 Å². The summed E-state index contributed by atoms with van der Waals surface area (Å²) in [5, 5.41) is 0.665. The Labute approximate surface area is 204 Å². The van der Waals surface area contributed by atoms with Gasteiger partial charge in [0.1, 0.15) is 11.5 Å². The molecule has 0 bridgehead atoms. The Morgan fingerprint density at radius 3 is 2.62 bits per heavy atom. The lowest BCUT2D eigenvalue weighted by Crippen LogP contribution is -2.36. The Morgan fingerprint density at radius 2 is 1.91 bits per heavy atom. The predicted octanol–water partition coefficient (Wildman–Crippen LogP) is 5.52. The first-order valence-corrected chi connectivity index (χ1v) is 12.4. The molecule has 0 saturated carbocycles. The van der Waals surface area contributed by atoms with Crippen LogP contribution in [0.3, 0.4) is 0 Å². The van der Waals surface area contributed by atoms with Crippen LogP contribution >= 0.6 is 11.3 Å². The molecule has 0 aliphatic rings. The fourth-order valence-corrected chi connectivity index (χ4v) is 4.63. The van der Waals surface area contributed by atoms with E-state index >= 15 is 0 Å². The van der Waals surface area contributed by atoms with Gasteiger partial charge < -0.3 is 14.0 Å². The van der Waals surface area contributed by atoms with Crippen molar-refractivity contribution < 1.29 is 14.3 Å². The zero-order valence-electron chi connectivity index (χ0n) is 19.8. The highest BCUT2D eigenvalue weighted by Crippen LogP contribution is 2.32. The number of benzene rings is 2. The molecular weight excluding hydrogens is 448 g/mol. The molecule has 0 fully saturated rings. The SMILES string of the molecule is CCOc1ccc2nc(N(CCCn3ccnc3)C(=O)COc3ccc(C(C)C)cc3)sc2c1. The minimum atomic E-state index is -0.123. The maximum absolute atomic E-state index is 13.3. The molecule has 0 spiro atoms. The van der Waals surface area contributed by atoms with E-state index in [4.69, 9.17) is 14.5 Å². The van der Waals surface area contributed by atoms with Crippen LogP contribution in [0.5, 0.6) is 11.5 Å². The Bertz CT molecular complexity index is 1200. The minimum Gasteiger partial charge on any atom is -0.494 e. The van der Waals surface area contributed by atoms with E-state index in [0.717, 1.165) is 28.9 Å². The van der Waals surface area contributed by atoms with Crippen molar-refractivity contribution in [2.75, 3.05) is 24.7 Å². The van der Waals surface area contributed by atoms with E-state index in [2.05, 4.69) is 18.8 Å². The predicted molar refractivity (Wildman–Crippen MR) is 136 cm³/mol. The van der Waals surface area contributed by atoms with Gasteiger partial charge in [-0.1, -0.05) is 37.3 Å². The van der Waals surface area contributed by atoms with Crippen molar-refractivity contribution in [3.05, 3.63) is 66.7 Å². The molecule has 0 N–H and O–H groups in total. The second-order valence-corrected chi connectivity index (χ2v) is 9.28. The third kappa shape index (κ3) is 5.94. The molecule has 0 saturated heterocycles. The monoisotopic (exact) mass is 478 g/mol. The van der Waals surface area contributed by atoms with E-state index in [1.165, 1.54) is 16.9 Å². The van der Waals surface area contributed by atoms with Gasteiger partial charge in [0.2, 0.25) is 0 Å². The molecule has 0 radical (unpaired) electrons. The van der Waals surface area contributed by atoms with Crippen LogP contribution in [0.2, 0.25) is 0 Å². The van der Waals surface area contributed by atoms with Crippen LogP contribution in [0.15, 0.2) is 61.2 Å². The normalized spacial score (nSPS) is 11.2. The fraction of sp³-hybridized carbons (Fsp3) is 0.346. The van der Waals surface area contributed by atoms with Crippen LogP contribution in [0.4, 0.5) is 5.13 Å².